The number of aryl methyl sites for hydroxylation is 1. The van der Waals surface area contributed by atoms with Crippen molar-refractivity contribution in [2.24, 2.45) is 0 Å². The summed E-state index contributed by atoms with van der Waals surface area (Å²) in [4.78, 5) is 0. The molecule has 0 heterocycles. The van der Waals surface area contributed by atoms with Crippen molar-refractivity contribution in [2.45, 2.75) is 6.92 Å². The molecule has 26 heavy (non-hydrogen) atoms. The smallest absolute Gasteiger partial charge is 0.186 e. The maximum Gasteiger partial charge on any atom is 0.186 e. The molecule has 0 aromatic heterocycles. The minimum Gasteiger partial charge on any atom is -0.468 e. The number of hydrogen-bond acceptors (Lipinski definition) is 2. The Labute approximate surface area is 151 Å². The largest absolute Gasteiger partial charge is 0.468 e. The van der Waals surface area contributed by atoms with Gasteiger partial charge in [0.05, 0.1) is 0 Å². The van der Waals surface area contributed by atoms with E-state index in [9.17, 15) is 8.78 Å². The molecule has 3 aromatic rings. The lowest BCUT2D eigenvalue weighted by Crippen LogP contribution is -1.93. The highest BCUT2D eigenvalue weighted by Gasteiger charge is 2.11. The first kappa shape index (κ1) is 17.8. The van der Waals surface area contributed by atoms with Crippen LogP contribution in [0.3, 0.4) is 0 Å². The van der Waals surface area contributed by atoms with E-state index in [-0.39, 0.29) is 17.9 Å². The molecule has 132 valence electrons. The van der Waals surface area contributed by atoms with Crippen LogP contribution in [0, 0.1) is 6.92 Å². The van der Waals surface area contributed by atoms with E-state index >= 15 is 0 Å². The summed E-state index contributed by atoms with van der Waals surface area (Å²) in [6.45, 7) is 1.51. The molecule has 1 N–H and O–H groups in total. The number of hydrogen-bond donors (Lipinski definition) is 1. The van der Waals surface area contributed by atoms with Crippen LogP contribution in [-0.4, -0.2) is 11.9 Å². The fraction of sp³-hybridized carbons (Fsp3) is 0.0909. The van der Waals surface area contributed by atoms with Crippen LogP contribution < -0.4 is 4.74 Å². The summed E-state index contributed by atoms with van der Waals surface area (Å²) in [6, 6.07) is 20.3. The van der Waals surface area contributed by atoms with Crippen molar-refractivity contribution >= 4 is 11.7 Å². The third-order valence-electron chi connectivity index (χ3n) is 4.05. The van der Waals surface area contributed by atoms with Crippen molar-refractivity contribution < 1.29 is 18.6 Å². The molecule has 0 unspecified atom stereocenters. The Bertz CT molecular complexity index is 896. The third kappa shape index (κ3) is 3.98. The lowest BCUT2D eigenvalue weighted by Gasteiger charge is -2.07. The molecule has 3 aromatic carbocycles. The van der Waals surface area contributed by atoms with Gasteiger partial charge in [0.25, 0.3) is 0 Å². The maximum absolute atomic E-state index is 14.5. The predicted molar refractivity (Wildman–Crippen MR) is 99.8 cm³/mol. The predicted octanol–water partition coefficient (Wildman–Crippen LogP) is 5.76. The van der Waals surface area contributed by atoms with Gasteiger partial charge >= 0.3 is 0 Å². The van der Waals surface area contributed by atoms with Crippen LogP contribution in [0.15, 0.2) is 72.8 Å². The first-order chi connectivity index (χ1) is 12.6. The van der Waals surface area contributed by atoms with Crippen LogP contribution in [0.1, 0.15) is 16.7 Å². The van der Waals surface area contributed by atoms with Crippen molar-refractivity contribution in [1.29, 1.82) is 0 Å². The first-order valence-electron chi connectivity index (χ1n) is 8.15. The Morgan fingerprint density at radius 1 is 0.731 bits per heavy atom. The van der Waals surface area contributed by atoms with Gasteiger partial charge in [-0.25, -0.2) is 8.78 Å². The van der Waals surface area contributed by atoms with Gasteiger partial charge in [0, 0.05) is 11.1 Å². The van der Waals surface area contributed by atoms with Crippen LogP contribution in [0.25, 0.3) is 22.8 Å². The summed E-state index contributed by atoms with van der Waals surface area (Å²) in [5.41, 5.74) is 3.17. The monoisotopic (exact) mass is 352 g/mol. The van der Waals surface area contributed by atoms with Gasteiger partial charge in [-0.3, -0.25) is 0 Å². The summed E-state index contributed by atoms with van der Waals surface area (Å²) in [5, 5.41) is 8.74. The SMILES string of the molecule is Cc1ccc(/C(F)=C(\F)c2ccc(-c3ccc(OCO)cc3)cc2)cc1. The van der Waals surface area contributed by atoms with E-state index in [0.717, 1.165) is 16.7 Å². The van der Waals surface area contributed by atoms with E-state index in [1.165, 1.54) is 0 Å². The molecule has 4 heteroatoms. The molecule has 2 nitrogen and oxygen atoms in total. The number of benzene rings is 3. The Balaban J connectivity index is 1.84. The Kier molecular flexibility index (Phi) is 5.44. The second-order valence-electron chi connectivity index (χ2n) is 5.87. The zero-order valence-corrected chi connectivity index (χ0v) is 14.2. The highest BCUT2D eigenvalue weighted by Crippen LogP contribution is 2.30. The Hall–Kier alpha value is -2.98. The van der Waals surface area contributed by atoms with Gasteiger partial charge in [-0.05, 0) is 30.2 Å². The third-order valence-corrected chi connectivity index (χ3v) is 4.05. The zero-order valence-electron chi connectivity index (χ0n) is 14.2. The molecule has 0 aliphatic rings. The molecular formula is C22H18F2O2. The lowest BCUT2D eigenvalue weighted by atomic mass is 10.0. The van der Waals surface area contributed by atoms with Crippen LogP contribution in [0.2, 0.25) is 0 Å². The van der Waals surface area contributed by atoms with Crippen LogP contribution in [-0.2, 0) is 0 Å². The van der Waals surface area contributed by atoms with Gasteiger partial charge in [-0.15, -0.1) is 0 Å². The molecule has 0 aliphatic heterocycles. The van der Waals surface area contributed by atoms with E-state index in [0.29, 0.717) is 5.75 Å². The number of ether oxygens (including phenoxy) is 1. The van der Waals surface area contributed by atoms with Gasteiger partial charge in [0.1, 0.15) is 5.75 Å². The molecule has 0 bridgehead atoms. The van der Waals surface area contributed by atoms with E-state index in [2.05, 4.69) is 0 Å². The van der Waals surface area contributed by atoms with Crippen LogP contribution in [0.5, 0.6) is 5.75 Å². The number of rotatable bonds is 5. The number of aliphatic hydroxyl groups excluding tert-OH is 1. The molecule has 0 radical (unpaired) electrons. The van der Waals surface area contributed by atoms with Crippen molar-refractivity contribution in [2.75, 3.05) is 6.79 Å². The highest BCUT2D eigenvalue weighted by molar-refractivity contribution is 5.83. The Morgan fingerprint density at radius 3 is 1.62 bits per heavy atom. The number of halogens is 2. The molecule has 3 rings (SSSR count). The lowest BCUT2D eigenvalue weighted by molar-refractivity contribution is 0.0985. The van der Waals surface area contributed by atoms with Crippen molar-refractivity contribution in [1.82, 2.24) is 0 Å². The minimum atomic E-state index is -0.882. The summed E-state index contributed by atoms with van der Waals surface area (Å²) in [6.07, 6.45) is 0. The second-order valence-corrected chi connectivity index (χ2v) is 5.87. The second kappa shape index (κ2) is 7.93. The average Bonchev–Trinajstić information content (AvgIpc) is 2.68. The van der Waals surface area contributed by atoms with Gasteiger partial charge in [0.15, 0.2) is 18.4 Å². The maximum atomic E-state index is 14.5. The molecule has 0 saturated heterocycles. The van der Waals surface area contributed by atoms with E-state index < -0.39 is 11.7 Å². The fourth-order valence-electron chi connectivity index (χ4n) is 2.58. The normalized spacial score (nSPS) is 11.8. The molecule has 0 fully saturated rings. The molecule has 0 saturated carbocycles. The zero-order chi connectivity index (χ0) is 18.5. The summed E-state index contributed by atoms with van der Waals surface area (Å²) >= 11 is 0. The Morgan fingerprint density at radius 2 is 1.15 bits per heavy atom. The molecular weight excluding hydrogens is 334 g/mol. The van der Waals surface area contributed by atoms with Crippen molar-refractivity contribution in [3.05, 3.63) is 89.5 Å². The average molecular weight is 352 g/mol. The highest BCUT2D eigenvalue weighted by atomic mass is 19.2. The molecule has 0 spiro atoms. The van der Waals surface area contributed by atoms with Crippen molar-refractivity contribution in [3.63, 3.8) is 0 Å². The summed E-state index contributed by atoms with van der Waals surface area (Å²) < 4.78 is 33.8. The first-order valence-corrected chi connectivity index (χ1v) is 8.15. The van der Waals surface area contributed by atoms with Crippen molar-refractivity contribution in [3.8, 4) is 16.9 Å². The van der Waals surface area contributed by atoms with Crippen LogP contribution in [0.4, 0.5) is 8.78 Å². The van der Waals surface area contributed by atoms with E-state index in [1.807, 2.05) is 19.1 Å². The van der Waals surface area contributed by atoms with Gasteiger partial charge in [-0.2, -0.15) is 0 Å². The number of aliphatic hydroxyl groups is 1. The van der Waals surface area contributed by atoms with Gasteiger partial charge in [0.2, 0.25) is 0 Å². The standard InChI is InChI=1S/C22H18F2O2/c1-15-2-4-18(5-3-15)21(23)22(24)19-8-6-16(7-9-19)17-10-12-20(13-11-17)26-14-25/h2-13,25H,14H2,1H3/b22-21+. The minimum absolute atomic E-state index is 0.187. The van der Waals surface area contributed by atoms with E-state index in [4.69, 9.17) is 9.84 Å². The molecule has 0 aliphatic carbocycles. The summed E-state index contributed by atoms with van der Waals surface area (Å²) in [5.74, 6) is -1.20. The topological polar surface area (TPSA) is 29.5 Å². The van der Waals surface area contributed by atoms with Gasteiger partial charge < -0.3 is 9.84 Å². The van der Waals surface area contributed by atoms with E-state index in [1.54, 1.807) is 60.7 Å². The quantitative estimate of drug-likeness (QED) is 0.468. The van der Waals surface area contributed by atoms with Gasteiger partial charge in [-0.1, -0.05) is 66.2 Å². The van der Waals surface area contributed by atoms with Crippen LogP contribution >= 0.6 is 0 Å². The molecule has 0 atom stereocenters. The molecule has 0 amide bonds. The fourth-order valence-corrected chi connectivity index (χ4v) is 2.58. The summed E-state index contributed by atoms with van der Waals surface area (Å²) in [7, 11) is 0.